The molecule has 5 aromatic rings. The molecular weight excluding hydrogens is 924 g/mol. The number of rotatable bonds is 23. The summed E-state index contributed by atoms with van der Waals surface area (Å²) in [5.74, 6) is -3.14. The van der Waals surface area contributed by atoms with Crippen molar-refractivity contribution in [1.82, 2.24) is 19.0 Å². The molecule has 0 radical (unpaired) electrons. The molecule has 0 saturated carbocycles. The molecule has 1 aliphatic heterocycles. The Bertz CT molecular complexity index is 2650. The number of aromatic nitrogens is 3. The zero-order chi connectivity index (χ0) is 48.9. The summed E-state index contributed by atoms with van der Waals surface area (Å²) in [6, 6.07) is 13.9. The van der Waals surface area contributed by atoms with Crippen molar-refractivity contribution in [3.05, 3.63) is 95.1 Å². The van der Waals surface area contributed by atoms with Crippen LogP contribution >= 0.6 is 0 Å². The summed E-state index contributed by atoms with van der Waals surface area (Å²) >= 11 is 0. The number of nitrogens with zero attached hydrogens (tertiary/aromatic N) is 5. The summed E-state index contributed by atoms with van der Waals surface area (Å²) in [5, 5.41) is 4.20. The third-order valence-electron chi connectivity index (χ3n) is 11.7. The standard InChI is InChI=1S/C47H62F3N5O9SSi2/c1-32-25-41(64-52-32)47(2,46(57)60-3)18-10-20-63-36-13-11-33(12-14-36)34-26-37-38(29-53(45(37)51-27-34)30-61-21-23-66(4,5)6)44(56)42-39(49)15-16-40(43(42)50)55(31-62-22-24-67(7,8)9)65(58,59)54-19-17-35(48)28-54/h11-16,25-27,29,35H,10,17-24,28,30-31H2,1-9H3/t35-,47?/m1/s1. The highest BCUT2D eigenvalue weighted by Gasteiger charge is 2.41. The number of anilines is 1. The first-order chi connectivity index (χ1) is 31.5. The normalized spacial score (nSPS) is 15.8. The van der Waals surface area contributed by atoms with Gasteiger partial charge in [-0.05, 0) is 81.1 Å². The highest BCUT2D eigenvalue weighted by molar-refractivity contribution is 7.90. The molecule has 4 heterocycles. The van der Waals surface area contributed by atoms with Crippen LogP contribution in [0.15, 0.2) is 65.4 Å². The number of hydrogen-bond acceptors (Lipinski definition) is 11. The smallest absolute Gasteiger partial charge is 0.319 e. The lowest BCUT2D eigenvalue weighted by atomic mass is 9.83. The maximum Gasteiger partial charge on any atom is 0.319 e. The minimum absolute atomic E-state index is 0.000648. The van der Waals surface area contributed by atoms with Crippen LogP contribution < -0.4 is 9.04 Å². The van der Waals surface area contributed by atoms with E-state index in [0.29, 0.717) is 63.8 Å². The average Bonchev–Trinajstić information content (AvgIpc) is 4.02. The lowest BCUT2D eigenvalue weighted by molar-refractivity contribution is -0.148. The van der Waals surface area contributed by atoms with E-state index in [9.17, 15) is 22.4 Å². The van der Waals surface area contributed by atoms with E-state index in [-0.39, 0.29) is 43.9 Å². The number of methoxy groups -OCH3 is 1. The second-order valence-electron chi connectivity index (χ2n) is 19.6. The fourth-order valence-corrected chi connectivity index (χ4v) is 10.7. The van der Waals surface area contributed by atoms with Crippen LogP contribution in [0.25, 0.3) is 22.2 Å². The largest absolute Gasteiger partial charge is 0.494 e. The summed E-state index contributed by atoms with van der Waals surface area (Å²) < 4.78 is 107. The molecule has 1 saturated heterocycles. The molecule has 0 bridgehead atoms. The van der Waals surface area contributed by atoms with Gasteiger partial charge in [-0.1, -0.05) is 56.6 Å². The zero-order valence-electron chi connectivity index (χ0n) is 39.8. The molecule has 0 amide bonds. The zero-order valence-corrected chi connectivity index (χ0v) is 42.6. The molecule has 0 N–H and O–H groups in total. The van der Waals surface area contributed by atoms with Crippen LogP contribution in [-0.4, -0.2) is 108 Å². The van der Waals surface area contributed by atoms with E-state index in [4.69, 9.17) is 28.5 Å². The maximum atomic E-state index is 17.0. The van der Waals surface area contributed by atoms with E-state index in [0.717, 1.165) is 22.5 Å². The van der Waals surface area contributed by atoms with Crippen molar-refractivity contribution >= 4 is 54.8 Å². The Kier molecular flexibility index (Phi) is 16.3. The highest BCUT2D eigenvalue weighted by Crippen LogP contribution is 2.35. The van der Waals surface area contributed by atoms with E-state index in [1.54, 1.807) is 61.0 Å². The van der Waals surface area contributed by atoms with Gasteiger partial charge in [0.1, 0.15) is 42.3 Å². The maximum absolute atomic E-state index is 17.0. The number of benzene rings is 2. The number of carbonyl (C=O) groups excluding carboxylic acids is 2. The van der Waals surface area contributed by atoms with Gasteiger partial charge >= 0.3 is 16.2 Å². The van der Waals surface area contributed by atoms with Gasteiger partial charge in [-0.15, -0.1) is 0 Å². The molecule has 6 rings (SSSR count). The monoisotopic (exact) mass is 985 g/mol. The Labute approximate surface area is 392 Å². The van der Waals surface area contributed by atoms with Crippen molar-refractivity contribution in [3.63, 3.8) is 0 Å². The number of pyridine rings is 1. The van der Waals surface area contributed by atoms with Gasteiger partial charge in [0.15, 0.2) is 11.6 Å². The van der Waals surface area contributed by atoms with Gasteiger partial charge in [-0.3, -0.25) is 9.59 Å². The molecule has 1 fully saturated rings. The van der Waals surface area contributed by atoms with Gasteiger partial charge in [-0.25, -0.2) is 22.5 Å². The number of fused-ring (bicyclic) bond motifs is 1. The number of hydrogen-bond donors (Lipinski definition) is 0. The number of ketones is 1. The van der Waals surface area contributed by atoms with E-state index in [1.165, 1.54) is 13.3 Å². The van der Waals surface area contributed by atoms with Gasteiger partial charge < -0.3 is 28.0 Å². The van der Waals surface area contributed by atoms with Gasteiger partial charge in [0.05, 0.1) is 36.2 Å². The molecule has 14 nitrogen and oxygen atoms in total. The quantitative estimate of drug-likeness (QED) is 0.0202. The van der Waals surface area contributed by atoms with Crippen LogP contribution in [-0.2, 0) is 41.4 Å². The molecule has 2 atom stereocenters. The molecule has 0 spiro atoms. The van der Waals surface area contributed by atoms with Crippen LogP contribution in [0, 0.1) is 18.6 Å². The number of halogens is 3. The Morgan fingerprint density at radius 2 is 1.64 bits per heavy atom. The molecular formula is C47H62F3N5O9SSi2. The van der Waals surface area contributed by atoms with Gasteiger partial charge in [0, 0.05) is 71.9 Å². The molecule has 2 aromatic carbocycles. The molecule has 0 aliphatic carbocycles. The van der Waals surface area contributed by atoms with E-state index in [1.807, 2.05) is 0 Å². The summed E-state index contributed by atoms with van der Waals surface area (Å²) in [6.07, 6.45) is 2.48. The number of aryl methyl sites for hydroxylation is 1. The van der Waals surface area contributed by atoms with Crippen molar-refractivity contribution < 1.29 is 54.6 Å². The first kappa shape index (κ1) is 51.5. The molecule has 67 heavy (non-hydrogen) atoms. The van der Waals surface area contributed by atoms with Crippen molar-refractivity contribution in [2.45, 2.75) is 103 Å². The van der Waals surface area contributed by atoms with Gasteiger partial charge in [0.25, 0.3) is 0 Å². The molecule has 1 unspecified atom stereocenters. The number of ether oxygens (including phenoxy) is 4. The lowest BCUT2D eigenvalue weighted by Gasteiger charge is -2.29. The fourth-order valence-electron chi connectivity index (χ4n) is 7.58. The summed E-state index contributed by atoms with van der Waals surface area (Å²) in [6.45, 7) is 16.2. The number of alkyl halides is 1. The lowest BCUT2D eigenvalue weighted by Crippen LogP contribution is -2.45. The fraction of sp³-hybridized carbons (Fsp3) is 0.489. The molecule has 20 heteroatoms. The van der Waals surface area contributed by atoms with Crippen LogP contribution in [0.4, 0.5) is 18.9 Å². The number of esters is 1. The van der Waals surface area contributed by atoms with Crippen molar-refractivity contribution in [3.8, 4) is 16.9 Å². The van der Waals surface area contributed by atoms with Crippen molar-refractivity contribution in [2.24, 2.45) is 0 Å². The molecule has 3 aromatic heterocycles. The minimum atomic E-state index is -4.59. The Morgan fingerprint density at radius 3 is 2.25 bits per heavy atom. The number of carbonyl (C=O) groups is 2. The highest BCUT2D eigenvalue weighted by atomic mass is 32.2. The minimum Gasteiger partial charge on any atom is -0.494 e. The third kappa shape index (κ3) is 12.4. The first-order valence-electron chi connectivity index (χ1n) is 22.4. The van der Waals surface area contributed by atoms with Crippen LogP contribution in [0.3, 0.4) is 0 Å². The third-order valence-corrected chi connectivity index (χ3v) is 17.0. The summed E-state index contributed by atoms with van der Waals surface area (Å²) in [5.41, 5.74) is -0.466. The van der Waals surface area contributed by atoms with E-state index < -0.39 is 85.9 Å². The van der Waals surface area contributed by atoms with Crippen LogP contribution in [0.2, 0.25) is 51.4 Å². The topological polar surface area (TPSA) is 156 Å². The summed E-state index contributed by atoms with van der Waals surface area (Å²) in [4.78, 5) is 32.1. The van der Waals surface area contributed by atoms with Crippen molar-refractivity contribution in [1.29, 1.82) is 0 Å². The molecule has 1 aliphatic rings. The predicted octanol–water partition coefficient (Wildman–Crippen LogP) is 9.52. The Morgan fingerprint density at radius 1 is 0.955 bits per heavy atom. The second kappa shape index (κ2) is 21.2. The van der Waals surface area contributed by atoms with Gasteiger partial charge in [0.2, 0.25) is 5.78 Å². The SMILES string of the molecule is COC(=O)C(C)(CCCOc1ccc(-c2cnc3c(c2)c(C(=O)c2c(F)ccc(N(COCC[Si](C)(C)C)S(=O)(=O)N4CC[C@@H](F)C4)c2F)cn3COCC[Si](C)(C)C)cc1)c1cc(C)no1. The van der Waals surface area contributed by atoms with E-state index >= 15 is 8.78 Å². The van der Waals surface area contributed by atoms with Gasteiger partial charge in [-0.2, -0.15) is 12.7 Å². The first-order valence-corrected chi connectivity index (χ1v) is 31.2. The molecule has 364 valence electrons. The Hall–Kier alpha value is -4.87. The van der Waals surface area contributed by atoms with Crippen LogP contribution in [0.1, 0.15) is 53.6 Å². The van der Waals surface area contributed by atoms with Crippen LogP contribution in [0.5, 0.6) is 5.75 Å². The predicted molar refractivity (Wildman–Crippen MR) is 256 cm³/mol. The van der Waals surface area contributed by atoms with E-state index in [2.05, 4.69) is 44.4 Å². The Balaban J connectivity index is 1.30. The second-order valence-corrected chi connectivity index (χ2v) is 32.7. The summed E-state index contributed by atoms with van der Waals surface area (Å²) in [7, 11) is -6.34. The van der Waals surface area contributed by atoms with Crippen molar-refractivity contribution in [2.75, 3.05) is 51.1 Å². The average molecular weight is 986 g/mol.